The number of fused-ring (bicyclic) bond motifs is 1. The van der Waals surface area contributed by atoms with Gasteiger partial charge in [-0.3, -0.25) is 24.5 Å². The molecule has 1 saturated carbocycles. The Labute approximate surface area is 411 Å². The number of nitrogens with zero attached hydrogens (tertiary/aromatic N) is 5. The van der Waals surface area contributed by atoms with Crippen LogP contribution >= 0.6 is 0 Å². The van der Waals surface area contributed by atoms with Crippen molar-refractivity contribution in [1.82, 2.24) is 24.5 Å². The van der Waals surface area contributed by atoms with Crippen LogP contribution in [-0.2, 0) is 0 Å². The van der Waals surface area contributed by atoms with Crippen molar-refractivity contribution in [1.29, 1.82) is 0 Å². The second-order valence-corrected chi connectivity index (χ2v) is 25.6. The Morgan fingerprint density at radius 2 is 0.848 bits per heavy atom. The highest BCUT2D eigenvalue weighted by Crippen LogP contribution is 2.50. The molecule has 6 aliphatic rings. The maximum absolute atomic E-state index is 12.6. The smallest absolute Gasteiger partial charge is 0.298 e. The highest BCUT2D eigenvalue weighted by molar-refractivity contribution is 5.07. The van der Waals surface area contributed by atoms with Crippen LogP contribution in [0, 0.1) is 47.3 Å². The zero-order chi connectivity index (χ0) is 50.7. The summed E-state index contributed by atoms with van der Waals surface area (Å²) >= 11 is 0. The Balaban J connectivity index is 0.000000284. The molecule has 0 spiro atoms. The van der Waals surface area contributed by atoms with Gasteiger partial charge in [0.2, 0.25) is 0 Å². The lowest BCUT2D eigenvalue weighted by Gasteiger charge is -2.37. The third-order valence-electron chi connectivity index (χ3n) is 16.9. The first kappa shape index (κ1) is 61.7. The molecule has 5 unspecified atom stereocenters. The Kier molecular flexibility index (Phi) is 26.2. The molecular formula is C58H116F3N5. The van der Waals surface area contributed by atoms with E-state index in [0.717, 1.165) is 95.9 Å². The molecule has 0 N–H and O–H groups in total. The average molecular weight is 941 g/mol. The highest BCUT2D eigenvalue weighted by atomic mass is 19.4. The van der Waals surface area contributed by atoms with Crippen LogP contribution in [0.5, 0.6) is 0 Å². The molecule has 394 valence electrons. The Morgan fingerprint density at radius 3 is 1.18 bits per heavy atom. The molecule has 0 aromatic heterocycles. The van der Waals surface area contributed by atoms with Crippen LogP contribution < -0.4 is 0 Å². The molecule has 6 rings (SSSR count). The molecule has 5 aliphatic heterocycles. The largest absolute Gasteiger partial charge is 0.393 e. The maximum Gasteiger partial charge on any atom is 0.393 e. The molecule has 5 nitrogen and oxygen atoms in total. The molecule has 0 aromatic carbocycles. The minimum absolute atomic E-state index is 0.0802. The van der Waals surface area contributed by atoms with Crippen molar-refractivity contribution < 1.29 is 13.2 Å². The first-order chi connectivity index (χ1) is 30.5. The van der Waals surface area contributed by atoms with E-state index in [9.17, 15) is 13.2 Å². The number of alkyl halides is 3. The van der Waals surface area contributed by atoms with Crippen molar-refractivity contribution in [2.75, 3.05) is 13.1 Å². The van der Waals surface area contributed by atoms with Gasteiger partial charge in [-0.05, 0) is 181 Å². The predicted molar refractivity (Wildman–Crippen MR) is 283 cm³/mol. The summed E-state index contributed by atoms with van der Waals surface area (Å²) in [5, 5.41) is 0. The van der Waals surface area contributed by atoms with E-state index in [1.165, 1.54) is 70.8 Å². The van der Waals surface area contributed by atoms with Gasteiger partial charge in [-0.1, -0.05) is 96.4 Å². The van der Waals surface area contributed by atoms with Crippen molar-refractivity contribution in [2.45, 2.75) is 315 Å². The summed E-state index contributed by atoms with van der Waals surface area (Å²) in [6.45, 7) is 54.0. The van der Waals surface area contributed by atoms with Crippen LogP contribution in [0.25, 0.3) is 0 Å². The Bertz CT molecular complexity index is 1250. The molecule has 0 bridgehead atoms. The monoisotopic (exact) mass is 940 g/mol. The van der Waals surface area contributed by atoms with Crippen molar-refractivity contribution in [3.63, 3.8) is 0 Å². The van der Waals surface area contributed by atoms with Gasteiger partial charge >= 0.3 is 6.18 Å². The van der Waals surface area contributed by atoms with Gasteiger partial charge in [0.05, 0.1) is 5.92 Å². The number of piperidine rings is 1. The lowest BCUT2D eigenvalue weighted by atomic mass is 9.97. The van der Waals surface area contributed by atoms with E-state index in [-0.39, 0.29) is 25.0 Å². The summed E-state index contributed by atoms with van der Waals surface area (Å²) in [6.07, 6.45) is 10.4. The summed E-state index contributed by atoms with van der Waals surface area (Å²) in [6, 6.07) is 9.27. The van der Waals surface area contributed by atoms with Gasteiger partial charge in [-0.15, -0.1) is 0 Å². The molecule has 0 amide bonds. The molecule has 0 aromatic rings. The maximum atomic E-state index is 12.6. The molecule has 6 fully saturated rings. The zero-order valence-corrected chi connectivity index (χ0v) is 48.2. The van der Waals surface area contributed by atoms with Crippen LogP contribution in [0.2, 0.25) is 0 Å². The van der Waals surface area contributed by atoms with Gasteiger partial charge in [-0.2, -0.15) is 13.2 Å². The van der Waals surface area contributed by atoms with Gasteiger partial charge in [0.1, 0.15) is 0 Å². The number of likely N-dealkylation sites (tertiary alicyclic amines) is 5. The predicted octanol–water partition coefficient (Wildman–Crippen LogP) is 15.6. The summed E-state index contributed by atoms with van der Waals surface area (Å²) in [4.78, 5) is 12.9. The molecule has 10 atom stereocenters. The standard InChI is InChI=1S/2C13H27N.C11H20F3N.C11H21N.C10H21N/c1-9(2)12-7-8-13(10(3)4)14(12)11(5)6;1-6-7-12-8-9-13(10(2)3)14(12)11(4)5;1-7(2)10-5-9(11(12,13)14)6-15(10)8(3)4;1-7(2)10-5-9-6-11(9)12(10)8(3)4;1-8(2)10-6-5-7-11(10)9(3)4/h9-13H,7-8H2,1-6H3;10-13H,6-9H2,1-5H3;7-10H,5-6H2,1-4H3;7-11H,5-6H2,1-4H3;8-10H,5-7H2,1-4H3/t12-,13?;12?,13-;9?,10-;9?,10-,11?;10-/m00000/s1. The topological polar surface area (TPSA) is 16.2 Å². The van der Waals surface area contributed by atoms with Crippen molar-refractivity contribution in [3.05, 3.63) is 0 Å². The van der Waals surface area contributed by atoms with Gasteiger partial charge in [0, 0.05) is 85.1 Å². The van der Waals surface area contributed by atoms with E-state index in [4.69, 9.17) is 0 Å². The molecular weight excluding hydrogens is 824 g/mol. The lowest BCUT2D eigenvalue weighted by molar-refractivity contribution is -0.171. The molecule has 8 heteroatoms. The van der Waals surface area contributed by atoms with Crippen LogP contribution in [0.3, 0.4) is 0 Å². The number of hydrogen-bond donors (Lipinski definition) is 0. The van der Waals surface area contributed by atoms with Crippen LogP contribution in [-0.4, -0.2) is 122 Å². The zero-order valence-electron chi connectivity index (χ0n) is 48.2. The molecule has 5 saturated heterocycles. The Morgan fingerprint density at radius 1 is 0.424 bits per heavy atom. The van der Waals surface area contributed by atoms with E-state index in [1.807, 2.05) is 32.6 Å². The van der Waals surface area contributed by atoms with Crippen LogP contribution in [0.4, 0.5) is 13.2 Å². The van der Waals surface area contributed by atoms with Crippen LogP contribution in [0.15, 0.2) is 0 Å². The quantitative estimate of drug-likeness (QED) is 0.182. The molecule has 66 heavy (non-hydrogen) atoms. The van der Waals surface area contributed by atoms with E-state index in [2.05, 4.69) is 151 Å². The van der Waals surface area contributed by atoms with Gasteiger partial charge in [0.25, 0.3) is 0 Å². The molecule has 5 heterocycles. The lowest BCUT2D eigenvalue weighted by Crippen LogP contribution is -2.45. The fraction of sp³-hybridized carbons (Fsp3) is 1.00. The SMILES string of the molecule is CC(C)C1CC[C@@H](C(C)C)N1C(C)C.CC(C)[C@@H]1CC(C(F)(F)F)CN1C(C)C.CC(C)[C@@H]1CC2CC2N1C(C)C.CC(C)[C@@H]1CCCN1C(C)C.CCCC1CC[C@@H](C(C)C)N1C(C)C. The molecule has 1 aliphatic carbocycles. The fourth-order valence-corrected chi connectivity index (χ4v) is 13.5. The highest BCUT2D eigenvalue weighted by Gasteiger charge is 2.53. The second-order valence-electron chi connectivity index (χ2n) is 25.6. The number of halogens is 3. The average Bonchev–Trinajstić information content (AvgIpc) is 3.85. The number of rotatable bonds is 13. The third-order valence-corrected chi connectivity index (χ3v) is 16.9. The van der Waals surface area contributed by atoms with Gasteiger partial charge < -0.3 is 0 Å². The third kappa shape index (κ3) is 17.7. The van der Waals surface area contributed by atoms with Gasteiger partial charge in [0.15, 0.2) is 0 Å². The van der Waals surface area contributed by atoms with E-state index in [1.54, 1.807) is 0 Å². The van der Waals surface area contributed by atoms with Crippen molar-refractivity contribution in [2.24, 2.45) is 47.3 Å². The minimum Gasteiger partial charge on any atom is -0.298 e. The van der Waals surface area contributed by atoms with E-state index < -0.39 is 12.1 Å². The summed E-state index contributed by atoms with van der Waals surface area (Å²) in [5.74, 6) is 4.34. The first-order valence-corrected chi connectivity index (χ1v) is 28.4. The van der Waals surface area contributed by atoms with Crippen molar-refractivity contribution >= 4 is 0 Å². The first-order valence-electron chi connectivity index (χ1n) is 28.4. The fourth-order valence-electron chi connectivity index (χ4n) is 13.5. The molecule has 0 radical (unpaired) electrons. The van der Waals surface area contributed by atoms with Crippen molar-refractivity contribution in [3.8, 4) is 0 Å². The van der Waals surface area contributed by atoms with E-state index >= 15 is 0 Å². The van der Waals surface area contributed by atoms with Gasteiger partial charge in [-0.25, -0.2) is 0 Å². The Hall–Kier alpha value is -0.410. The second kappa shape index (κ2) is 28.0. The summed E-state index contributed by atoms with van der Waals surface area (Å²) in [5.41, 5.74) is 0. The van der Waals surface area contributed by atoms with Crippen LogP contribution in [0.1, 0.15) is 230 Å². The van der Waals surface area contributed by atoms with E-state index in [0.29, 0.717) is 12.0 Å². The normalized spacial score (nSPS) is 31.2. The summed E-state index contributed by atoms with van der Waals surface area (Å²) < 4.78 is 37.8. The minimum atomic E-state index is -4.03. The summed E-state index contributed by atoms with van der Waals surface area (Å²) in [7, 11) is 0. The number of hydrogen-bond acceptors (Lipinski definition) is 5.